The second-order valence-electron chi connectivity index (χ2n) is 5.43. The molecular formula is C12H22N2. The van der Waals surface area contributed by atoms with Gasteiger partial charge in [-0.25, -0.2) is 0 Å². The van der Waals surface area contributed by atoms with Crippen molar-refractivity contribution in [2.45, 2.75) is 46.6 Å². The van der Waals surface area contributed by atoms with Gasteiger partial charge in [0, 0.05) is 12.6 Å². The van der Waals surface area contributed by atoms with E-state index in [9.17, 15) is 0 Å². The minimum atomic E-state index is -0.161. The highest BCUT2D eigenvalue weighted by Gasteiger charge is 2.27. The average Bonchev–Trinajstić information content (AvgIpc) is 2.42. The Balaban J connectivity index is 2.36. The van der Waals surface area contributed by atoms with Gasteiger partial charge in [0.1, 0.15) is 0 Å². The monoisotopic (exact) mass is 194 g/mol. The molecule has 14 heavy (non-hydrogen) atoms. The third-order valence-electron chi connectivity index (χ3n) is 3.24. The second kappa shape index (κ2) is 4.31. The molecule has 0 spiro atoms. The molecule has 2 heteroatoms. The van der Waals surface area contributed by atoms with Gasteiger partial charge >= 0.3 is 0 Å². The van der Waals surface area contributed by atoms with Gasteiger partial charge in [0.05, 0.1) is 11.5 Å². The molecule has 1 fully saturated rings. The molecule has 0 radical (unpaired) electrons. The van der Waals surface area contributed by atoms with Crippen LogP contribution in [0.15, 0.2) is 0 Å². The van der Waals surface area contributed by atoms with Gasteiger partial charge in [0.2, 0.25) is 0 Å². The fraction of sp³-hybridized carbons (Fsp3) is 0.917. The number of hydrogen-bond donors (Lipinski definition) is 0. The molecule has 1 aliphatic rings. The first-order valence-electron chi connectivity index (χ1n) is 5.60. The summed E-state index contributed by atoms with van der Waals surface area (Å²) in [6.07, 6.45) is 2.30. The highest BCUT2D eigenvalue weighted by atomic mass is 15.2. The van der Waals surface area contributed by atoms with Crippen molar-refractivity contribution in [3.8, 4) is 6.07 Å². The lowest BCUT2D eigenvalue weighted by Crippen LogP contribution is -2.30. The molecule has 0 amide bonds. The molecule has 0 aromatic heterocycles. The Morgan fingerprint density at radius 2 is 2.07 bits per heavy atom. The molecule has 0 N–H and O–H groups in total. The maximum absolute atomic E-state index is 8.92. The van der Waals surface area contributed by atoms with Crippen LogP contribution in [0.5, 0.6) is 0 Å². The summed E-state index contributed by atoms with van der Waals surface area (Å²) >= 11 is 0. The van der Waals surface area contributed by atoms with Gasteiger partial charge in [-0.05, 0) is 46.1 Å². The Kier molecular flexibility index (Phi) is 3.55. The predicted octanol–water partition coefficient (Wildman–Crippen LogP) is 2.66. The molecule has 2 atom stereocenters. The van der Waals surface area contributed by atoms with Gasteiger partial charge in [-0.2, -0.15) is 5.26 Å². The maximum Gasteiger partial charge on any atom is 0.0684 e. The number of hydrogen-bond acceptors (Lipinski definition) is 2. The van der Waals surface area contributed by atoms with E-state index < -0.39 is 0 Å². The van der Waals surface area contributed by atoms with Gasteiger partial charge in [-0.15, -0.1) is 0 Å². The van der Waals surface area contributed by atoms with Crippen molar-refractivity contribution in [1.82, 2.24) is 4.90 Å². The van der Waals surface area contributed by atoms with Gasteiger partial charge in [0.15, 0.2) is 0 Å². The highest BCUT2D eigenvalue weighted by Crippen LogP contribution is 2.25. The van der Waals surface area contributed by atoms with Crippen LogP contribution in [0.25, 0.3) is 0 Å². The van der Waals surface area contributed by atoms with Crippen LogP contribution in [0.1, 0.15) is 40.5 Å². The molecule has 0 aliphatic carbocycles. The minimum absolute atomic E-state index is 0.161. The normalized spacial score (nSPS) is 29.1. The zero-order valence-electron chi connectivity index (χ0n) is 9.88. The summed E-state index contributed by atoms with van der Waals surface area (Å²) in [5, 5.41) is 8.92. The molecule has 0 bridgehead atoms. The number of likely N-dealkylation sites (tertiary alicyclic amines) is 1. The van der Waals surface area contributed by atoms with Crippen LogP contribution in [-0.4, -0.2) is 24.0 Å². The Morgan fingerprint density at radius 3 is 2.50 bits per heavy atom. The lowest BCUT2D eigenvalue weighted by molar-refractivity contribution is 0.234. The van der Waals surface area contributed by atoms with E-state index in [2.05, 4.69) is 24.8 Å². The number of nitrogens with zero attached hydrogens (tertiary/aromatic N) is 2. The Hall–Kier alpha value is -0.550. The third-order valence-corrected chi connectivity index (χ3v) is 3.24. The smallest absolute Gasteiger partial charge is 0.0684 e. The second-order valence-corrected chi connectivity index (χ2v) is 5.43. The third kappa shape index (κ3) is 2.99. The Labute approximate surface area is 87.9 Å². The summed E-state index contributed by atoms with van der Waals surface area (Å²) in [7, 11) is 0. The highest BCUT2D eigenvalue weighted by molar-refractivity contribution is 4.93. The summed E-state index contributed by atoms with van der Waals surface area (Å²) in [5.74, 6) is 0.829. The largest absolute Gasteiger partial charge is 0.300 e. The lowest BCUT2D eigenvalue weighted by atomic mass is 9.91. The number of nitriles is 1. The first-order valence-corrected chi connectivity index (χ1v) is 5.60. The number of rotatable bonds is 3. The topological polar surface area (TPSA) is 27.0 Å². The summed E-state index contributed by atoms with van der Waals surface area (Å²) < 4.78 is 0. The summed E-state index contributed by atoms with van der Waals surface area (Å²) in [6, 6.07) is 3.07. The van der Waals surface area contributed by atoms with Crippen molar-refractivity contribution in [3.05, 3.63) is 0 Å². The van der Waals surface area contributed by atoms with Crippen molar-refractivity contribution in [1.29, 1.82) is 5.26 Å². The molecule has 2 unspecified atom stereocenters. The SMILES string of the molecule is CC1CC(C)N(CCC(C)(C)C#N)C1. The first-order chi connectivity index (χ1) is 6.44. The quantitative estimate of drug-likeness (QED) is 0.690. The van der Waals surface area contributed by atoms with Gasteiger partial charge in [-0.3, -0.25) is 0 Å². The first kappa shape index (κ1) is 11.5. The van der Waals surface area contributed by atoms with Crippen molar-refractivity contribution >= 4 is 0 Å². The van der Waals surface area contributed by atoms with E-state index in [-0.39, 0.29) is 5.41 Å². The van der Waals surface area contributed by atoms with Crippen LogP contribution in [0.3, 0.4) is 0 Å². The van der Waals surface area contributed by atoms with E-state index in [0.29, 0.717) is 6.04 Å². The molecule has 80 valence electrons. The molecule has 1 heterocycles. The van der Waals surface area contributed by atoms with E-state index in [4.69, 9.17) is 5.26 Å². The van der Waals surface area contributed by atoms with E-state index in [1.54, 1.807) is 0 Å². The van der Waals surface area contributed by atoms with Crippen LogP contribution in [-0.2, 0) is 0 Å². The standard InChI is InChI=1S/C12H22N2/c1-10-7-11(2)14(8-10)6-5-12(3,4)9-13/h10-11H,5-8H2,1-4H3. The molecule has 0 aromatic carbocycles. The van der Waals surface area contributed by atoms with Crippen LogP contribution in [0.2, 0.25) is 0 Å². The molecule has 0 saturated carbocycles. The zero-order chi connectivity index (χ0) is 10.8. The van der Waals surface area contributed by atoms with Crippen LogP contribution >= 0.6 is 0 Å². The summed E-state index contributed by atoms with van der Waals surface area (Å²) in [5.41, 5.74) is -0.161. The van der Waals surface area contributed by atoms with Gasteiger partial charge in [0.25, 0.3) is 0 Å². The summed E-state index contributed by atoms with van der Waals surface area (Å²) in [4.78, 5) is 2.52. The van der Waals surface area contributed by atoms with E-state index in [0.717, 1.165) is 18.9 Å². The average molecular weight is 194 g/mol. The van der Waals surface area contributed by atoms with E-state index >= 15 is 0 Å². The van der Waals surface area contributed by atoms with Crippen LogP contribution in [0.4, 0.5) is 0 Å². The maximum atomic E-state index is 8.92. The van der Waals surface area contributed by atoms with Crippen molar-refractivity contribution in [2.24, 2.45) is 11.3 Å². The van der Waals surface area contributed by atoms with Gasteiger partial charge in [-0.1, -0.05) is 6.92 Å². The van der Waals surface area contributed by atoms with Crippen molar-refractivity contribution in [3.63, 3.8) is 0 Å². The molecular weight excluding hydrogens is 172 g/mol. The van der Waals surface area contributed by atoms with Crippen molar-refractivity contribution < 1.29 is 0 Å². The van der Waals surface area contributed by atoms with Crippen molar-refractivity contribution in [2.75, 3.05) is 13.1 Å². The van der Waals surface area contributed by atoms with E-state index in [1.807, 2.05) is 13.8 Å². The lowest BCUT2D eigenvalue weighted by Gasteiger charge is -2.24. The van der Waals surface area contributed by atoms with Gasteiger partial charge < -0.3 is 4.90 Å². The summed E-state index contributed by atoms with van der Waals surface area (Å²) in [6.45, 7) is 10.9. The Morgan fingerprint density at radius 1 is 1.43 bits per heavy atom. The molecule has 1 aliphatic heterocycles. The zero-order valence-corrected chi connectivity index (χ0v) is 9.88. The molecule has 0 aromatic rings. The molecule has 1 saturated heterocycles. The fourth-order valence-corrected chi connectivity index (χ4v) is 2.18. The minimum Gasteiger partial charge on any atom is -0.300 e. The predicted molar refractivity (Wildman–Crippen MR) is 58.8 cm³/mol. The van der Waals surface area contributed by atoms with Crippen LogP contribution in [0, 0.1) is 22.7 Å². The molecule has 2 nitrogen and oxygen atoms in total. The molecule has 1 rings (SSSR count). The van der Waals surface area contributed by atoms with E-state index in [1.165, 1.54) is 13.0 Å². The van der Waals surface area contributed by atoms with Crippen LogP contribution < -0.4 is 0 Å². The fourth-order valence-electron chi connectivity index (χ4n) is 2.18. The Bertz CT molecular complexity index is 227.